The van der Waals surface area contributed by atoms with Crippen LogP contribution in [0.3, 0.4) is 0 Å². The molecule has 2 atom stereocenters. The number of hydrogen-bond donors (Lipinski definition) is 1. The molecule has 0 amide bonds. The van der Waals surface area contributed by atoms with E-state index in [0.717, 1.165) is 18.3 Å². The van der Waals surface area contributed by atoms with E-state index in [9.17, 15) is 0 Å². The molecule has 9 heavy (non-hydrogen) atoms. The summed E-state index contributed by atoms with van der Waals surface area (Å²) in [4.78, 5) is 0. The Hall–Kier alpha value is -0.0400. The summed E-state index contributed by atoms with van der Waals surface area (Å²) < 4.78 is 0. The van der Waals surface area contributed by atoms with Gasteiger partial charge in [0.1, 0.15) is 0 Å². The van der Waals surface area contributed by atoms with Crippen LogP contribution in [0.1, 0.15) is 34.1 Å². The van der Waals surface area contributed by atoms with Crippen molar-refractivity contribution in [3.8, 4) is 0 Å². The van der Waals surface area contributed by atoms with Crippen molar-refractivity contribution < 1.29 is 0 Å². The van der Waals surface area contributed by atoms with Gasteiger partial charge < -0.3 is 5.73 Å². The largest absolute Gasteiger partial charge is 0.328 e. The number of rotatable bonds is 3. The topological polar surface area (TPSA) is 26.0 Å². The van der Waals surface area contributed by atoms with Gasteiger partial charge in [0.2, 0.25) is 0 Å². The van der Waals surface area contributed by atoms with Crippen LogP contribution in [0.4, 0.5) is 0 Å². The van der Waals surface area contributed by atoms with Crippen LogP contribution in [0.5, 0.6) is 0 Å². The molecule has 0 radical (unpaired) electrons. The fourth-order valence-corrected chi connectivity index (χ4v) is 0.859. The molecule has 0 fully saturated rings. The molecule has 0 aliphatic carbocycles. The lowest BCUT2D eigenvalue weighted by Crippen LogP contribution is -2.20. The first-order valence-electron chi connectivity index (χ1n) is 3.79. The van der Waals surface area contributed by atoms with Crippen molar-refractivity contribution in [2.45, 2.75) is 40.2 Å². The summed E-state index contributed by atoms with van der Waals surface area (Å²) >= 11 is 0. The van der Waals surface area contributed by atoms with Crippen LogP contribution < -0.4 is 5.73 Å². The van der Waals surface area contributed by atoms with Gasteiger partial charge in [-0.1, -0.05) is 20.8 Å². The molecular formula is C8H19N. The van der Waals surface area contributed by atoms with E-state index in [1.807, 2.05) is 0 Å². The smallest absolute Gasteiger partial charge is 0.00131 e. The highest BCUT2D eigenvalue weighted by atomic mass is 14.6. The summed E-state index contributed by atoms with van der Waals surface area (Å²) in [7, 11) is 0. The Morgan fingerprint density at radius 3 is 1.67 bits per heavy atom. The summed E-state index contributed by atoms with van der Waals surface area (Å²) in [6, 6.07) is 0.363. The Bertz CT molecular complexity index is 67.0. The lowest BCUT2D eigenvalue weighted by molar-refractivity contribution is 0.368. The zero-order valence-electron chi connectivity index (χ0n) is 7.02. The fraction of sp³-hybridized carbons (Fsp3) is 1.00. The molecule has 0 aliphatic rings. The Labute approximate surface area is 58.6 Å². The van der Waals surface area contributed by atoms with Crippen LogP contribution in [0, 0.1) is 11.8 Å². The minimum atomic E-state index is 0.363. The second-order valence-electron chi connectivity index (χ2n) is 3.43. The average Bonchev–Trinajstić information content (AvgIpc) is 1.63. The van der Waals surface area contributed by atoms with Crippen molar-refractivity contribution >= 4 is 0 Å². The van der Waals surface area contributed by atoms with E-state index in [1.54, 1.807) is 0 Å². The molecule has 0 aromatic carbocycles. The van der Waals surface area contributed by atoms with Gasteiger partial charge in [0.25, 0.3) is 0 Å². The van der Waals surface area contributed by atoms with E-state index in [0.29, 0.717) is 6.04 Å². The SMILES string of the molecule is CC(C)C(C)C[C@H](C)N. The molecule has 1 nitrogen and oxygen atoms in total. The fourth-order valence-electron chi connectivity index (χ4n) is 0.859. The molecule has 56 valence electrons. The summed E-state index contributed by atoms with van der Waals surface area (Å²) in [6.07, 6.45) is 1.15. The Morgan fingerprint density at radius 2 is 1.56 bits per heavy atom. The highest BCUT2D eigenvalue weighted by Gasteiger charge is 2.08. The van der Waals surface area contributed by atoms with Crippen molar-refractivity contribution in [2.24, 2.45) is 17.6 Å². The highest BCUT2D eigenvalue weighted by Crippen LogP contribution is 2.14. The maximum atomic E-state index is 5.63. The van der Waals surface area contributed by atoms with Crippen LogP contribution >= 0.6 is 0 Å². The van der Waals surface area contributed by atoms with Gasteiger partial charge in [0, 0.05) is 6.04 Å². The predicted molar refractivity (Wildman–Crippen MR) is 42.3 cm³/mol. The number of hydrogen-bond acceptors (Lipinski definition) is 1. The van der Waals surface area contributed by atoms with Crippen molar-refractivity contribution in [3.63, 3.8) is 0 Å². The van der Waals surface area contributed by atoms with Gasteiger partial charge in [-0.25, -0.2) is 0 Å². The standard InChI is InChI=1S/C8H19N/c1-6(2)7(3)5-8(4)9/h6-8H,5,9H2,1-4H3/t7?,8-/m0/s1. The molecule has 2 N–H and O–H groups in total. The molecule has 0 aromatic rings. The summed E-state index contributed by atoms with van der Waals surface area (Å²) in [6.45, 7) is 8.81. The lowest BCUT2D eigenvalue weighted by Gasteiger charge is -2.16. The van der Waals surface area contributed by atoms with Gasteiger partial charge in [-0.2, -0.15) is 0 Å². The third-order valence-corrected chi connectivity index (χ3v) is 1.88. The molecule has 1 unspecified atom stereocenters. The molecule has 0 spiro atoms. The third kappa shape index (κ3) is 4.46. The van der Waals surface area contributed by atoms with Crippen LogP contribution in [0.15, 0.2) is 0 Å². The minimum Gasteiger partial charge on any atom is -0.328 e. The summed E-state index contributed by atoms with van der Waals surface area (Å²) in [5, 5.41) is 0. The van der Waals surface area contributed by atoms with E-state index in [2.05, 4.69) is 27.7 Å². The van der Waals surface area contributed by atoms with E-state index in [4.69, 9.17) is 5.73 Å². The third-order valence-electron chi connectivity index (χ3n) is 1.88. The molecule has 0 aromatic heterocycles. The second-order valence-corrected chi connectivity index (χ2v) is 3.43. The normalized spacial score (nSPS) is 18.0. The van der Waals surface area contributed by atoms with E-state index in [1.165, 1.54) is 0 Å². The quantitative estimate of drug-likeness (QED) is 0.620. The van der Waals surface area contributed by atoms with Crippen molar-refractivity contribution in [2.75, 3.05) is 0 Å². The molecule has 0 saturated carbocycles. The Kier molecular flexibility index (Phi) is 3.87. The first-order valence-corrected chi connectivity index (χ1v) is 3.79. The van der Waals surface area contributed by atoms with Crippen LogP contribution in [0.25, 0.3) is 0 Å². The van der Waals surface area contributed by atoms with E-state index < -0.39 is 0 Å². The molecule has 0 aliphatic heterocycles. The highest BCUT2D eigenvalue weighted by molar-refractivity contribution is 4.62. The lowest BCUT2D eigenvalue weighted by atomic mass is 9.92. The van der Waals surface area contributed by atoms with Gasteiger partial charge >= 0.3 is 0 Å². The molecule has 0 bridgehead atoms. The first kappa shape index (κ1) is 8.96. The molecule has 0 saturated heterocycles. The Balaban J connectivity index is 3.38. The van der Waals surface area contributed by atoms with Crippen LogP contribution in [-0.2, 0) is 0 Å². The van der Waals surface area contributed by atoms with Crippen LogP contribution in [0.2, 0.25) is 0 Å². The van der Waals surface area contributed by atoms with Gasteiger partial charge in [-0.05, 0) is 25.2 Å². The average molecular weight is 129 g/mol. The van der Waals surface area contributed by atoms with Gasteiger partial charge in [0.05, 0.1) is 0 Å². The van der Waals surface area contributed by atoms with Gasteiger partial charge in [0.15, 0.2) is 0 Å². The molecule has 0 rings (SSSR count). The maximum Gasteiger partial charge on any atom is 0.00131 e. The van der Waals surface area contributed by atoms with Crippen molar-refractivity contribution in [1.29, 1.82) is 0 Å². The second kappa shape index (κ2) is 3.89. The number of nitrogens with two attached hydrogens (primary N) is 1. The van der Waals surface area contributed by atoms with Crippen molar-refractivity contribution in [1.82, 2.24) is 0 Å². The summed E-state index contributed by atoms with van der Waals surface area (Å²) in [5.41, 5.74) is 5.63. The molecular weight excluding hydrogens is 110 g/mol. The predicted octanol–water partition coefficient (Wildman–Crippen LogP) is 2.02. The zero-order chi connectivity index (χ0) is 7.44. The molecule has 0 heterocycles. The van der Waals surface area contributed by atoms with Gasteiger partial charge in [-0.3, -0.25) is 0 Å². The van der Waals surface area contributed by atoms with Crippen molar-refractivity contribution in [3.05, 3.63) is 0 Å². The molecule has 1 heteroatoms. The van der Waals surface area contributed by atoms with Crippen LogP contribution in [-0.4, -0.2) is 6.04 Å². The first-order chi connectivity index (χ1) is 4.04. The monoisotopic (exact) mass is 129 g/mol. The van der Waals surface area contributed by atoms with E-state index >= 15 is 0 Å². The Morgan fingerprint density at radius 1 is 1.11 bits per heavy atom. The van der Waals surface area contributed by atoms with Gasteiger partial charge in [-0.15, -0.1) is 0 Å². The van der Waals surface area contributed by atoms with E-state index in [-0.39, 0.29) is 0 Å². The minimum absolute atomic E-state index is 0.363. The summed E-state index contributed by atoms with van der Waals surface area (Å²) in [5.74, 6) is 1.54. The maximum absolute atomic E-state index is 5.63. The zero-order valence-corrected chi connectivity index (χ0v) is 7.02.